The molecule has 1 fully saturated rings. The maximum Gasteiger partial charge on any atom is 0.252 e. The third-order valence-corrected chi connectivity index (χ3v) is 14.6. The second-order valence-electron chi connectivity index (χ2n) is 20.2. The highest BCUT2D eigenvalue weighted by Crippen LogP contribution is 2.38. The molecule has 0 aromatic heterocycles. The number of amides is 2. The standard InChI is InChI=1S/C34H38N2O4.C33H42N2O4/c1-38-32-18-17-27(22-33(32)39-2)24-36(19-10-20-40-30-16-9-11-26(21-30)23-34(35)37)25-31(28-12-5-3-6-13-28)29-14-7-4-8-15-29;1-37-31-19-18-25(22-32(31)38-2)23-35(20-11-21-39-30-17-10-9-16-28(30)33(34)36)24-29(26-12-5-3-6-13-26)27-14-7-4-8-15-27/h3-9,11-18,21-22,31H,10,19-20,23-25H2,1-2H3,(H2,35,37);3,5-6,9-10,12-13,16-19,22,27,29H,4,7-8,11,14-15,20-21,23-24H2,1-2H3,(H2,34,36). The van der Waals surface area contributed by atoms with Crippen molar-refractivity contribution in [2.24, 2.45) is 17.4 Å². The van der Waals surface area contributed by atoms with Gasteiger partial charge in [-0.1, -0.05) is 147 Å². The van der Waals surface area contributed by atoms with E-state index in [9.17, 15) is 9.59 Å². The van der Waals surface area contributed by atoms with Gasteiger partial charge in [-0.15, -0.1) is 0 Å². The Balaban J connectivity index is 0.000000229. The molecule has 0 spiro atoms. The fraction of sp³-hybridized carbons (Fsp3) is 0.343. The van der Waals surface area contributed by atoms with Crippen molar-refractivity contribution in [3.63, 3.8) is 0 Å². The summed E-state index contributed by atoms with van der Waals surface area (Å²) in [6.45, 7) is 6.14. The maximum atomic E-state index is 11.8. The molecule has 0 aliphatic heterocycles. The lowest BCUT2D eigenvalue weighted by Gasteiger charge is -2.35. The van der Waals surface area contributed by atoms with Crippen LogP contribution in [0, 0.1) is 5.92 Å². The molecule has 1 aliphatic carbocycles. The highest BCUT2D eigenvalue weighted by Gasteiger charge is 2.28. The third-order valence-electron chi connectivity index (χ3n) is 14.6. The smallest absolute Gasteiger partial charge is 0.252 e. The number of carbonyl (C=O) groups excluding carboxylic acids is 2. The van der Waals surface area contributed by atoms with E-state index in [1.807, 2.05) is 48.5 Å². The zero-order valence-corrected chi connectivity index (χ0v) is 46.6. The number of primary amides is 2. The first-order valence-corrected chi connectivity index (χ1v) is 27.7. The molecule has 2 amide bonds. The molecule has 0 heterocycles. The van der Waals surface area contributed by atoms with Crippen molar-refractivity contribution in [3.8, 4) is 34.5 Å². The van der Waals surface area contributed by atoms with Crippen LogP contribution in [-0.4, -0.2) is 89.4 Å². The van der Waals surface area contributed by atoms with E-state index in [4.69, 9.17) is 39.9 Å². The number of benzene rings is 7. The second kappa shape index (κ2) is 31.6. The topological polar surface area (TPSA) is 148 Å². The molecule has 8 rings (SSSR count). The minimum atomic E-state index is -0.473. The normalized spacial score (nSPS) is 12.8. The Kier molecular flexibility index (Phi) is 23.5. The zero-order valence-electron chi connectivity index (χ0n) is 46.6. The van der Waals surface area contributed by atoms with E-state index in [0.29, 0.717) is 36.4 Å². The van der Waals surface area contributed by atoms with Crippen LogP contribution in [0.1, 0.15) is 101 Å². The summed E-state index contributed by atoms with van der Waals surface area (Å²) in [6.07, 6.45) is 8.42. The number of hydrogen-bond donors (Lipinski definition) is 2. The fourth-order valence-corrected chi connectivity index (χ4v) is 10.7. The summed E-state index contributed by atoms with van der Waals surface area (Å²) < 4.78 is 34.1. The zero-order chi connectivity index (χ0) is 55.6. The summed E-state index contributed by atoms with van der Waals surface area (Å²) >= 11 is 0. The molecule has 0 radical (unpaired) electrons. The van der Waals surface area contributed by atoms with Crippen molar-refractivity contribution in [2.45, 2.75) is 76.3 Å². The van der Waals surface area contributed by atoms with Gasteiger partial charge in [0.1, 0.15) is 11.5 Å². The third kappa shape index (κ3) is 18.4. The van der Waals surface area contributed by atoms with Gasteiger partial charge in [0.25, 0.3) is 5.91 Å². The van der Waals surface area contributed by atoms with Gasteiger partial charge in [-0.3, -0.25) is 19.4 Å². The number of hydrogen-bond acceptors (Lipinski definition) is 10. The van der Waals surface area contributed by atoms with Crippen molar-refractivity contribution in [1.82, 2.24) is 9.80 Å². The first kappa shape index (κ1) is 58.9. The number of ether oxygens (including phenoxy) is 6. The lowest BCUT2D eigenvalue weighted by molar-refractivity contribution is -0.117. The van der Waals surface area contributed by atoms with E-state index in [0.717, 1.165) is 92.0 Å². The lowest BCUT2D eigenvalue weighted by Crippen LogP contribution is -2.33. The van der Waals surface area contributed by atoms with Crippen LogP contribution in [-0.2, 0) is 24.3 Å². The highest BCUT2D eigenvalue weighted by molar-refractivity contribution is 5.95. The average molecular weight is 1070 g/mol. The van der Waals surface area contributed by atoms with Gasteiger partial charge in [0.05, 0.1) is 53.6 Å². The van der Waals surface area contributed by atoms with Crippen LogP contribution in [0.3, 0.4) is 0 Å². The van der Waals surface area contributed by atoms with E-state index in [-0.39, 0.29) is 18.2 Å². The number of nitrogens with zero attached hydrogens (tertiary/aromatic N) is 2. The molecule has 4 N–H and O–H groups in total. The van der Waals surface area contributed by atoms with E-state index in [1.165, 1.54) is 54.4 Å². The second-order valence-corrected chi connectivity index (χ2v) is 20.2. The van der Waals surface area contributed by atoms with Gasteiger partial charge in [0.2, 0.25) is 5.91 Å². The fourth-order valence-electron chi connectivity index (χ4n) is 10.7. The summed E-state index contributed by atoms with van der Waals surface area (Å²) in [4.78, 5) is 28.1. The molecular formula is C67H80N4O8. The monoisotopic (exact) mass is 1070 g/mol. The Hall–Kier alpha value is -7.80. The van der Waals surface area contributed by atoms with Crippen molar-refractivity contribution in [2.75, 3.05) is 67.8 Å². The van der Waals surface area contributed by atoms with Crippen LogP contribution in [0.4, 0.5) is 0 Å². The van der Waals surface area contributed by atoms with Crippen LogP contribution in [0.2, 0.25) is 0 Å². The lowest BCUT2D eigenvalue weighted by atomic mass is 9.76. The Bertz CT molecular complexity index is 2880. The summed E-state index contributed by atoms with van der Waals surface area (Å²) in [5.41, 5.74) is 18.5. The number of para-hydroxylation sites is 1. The van der Waals surface area contributed by atoms with Gasteiger partial charge >= 0.3 is 0 Å². The van der Waals surface area contributed by atoms with E-state index >= 15 is 0 Å². The van der Waals surface area contributed by atoms with E-state index in [2.05, 4.69) is 119 Å². The molecule has 12 heteroatoms. The van der Waals surface area contributed by atoms with Crippen molar-refractivity contribution < 1.29 is 38.0 Å². The minimum Gasteiger partial charge on any atom is -0.494 e. The molecule has 1 saturated carbocycles. The van der Waals surface area contributed by atoms with Crippen LogP contribution < -0.4 is 39.9 Å². The van der Waals surface area contributed by atoms with Crippen LogP contribution >= 0.6 is 0 Å². The highest BCUT2D eigenvalue weighted by atomic mass is 16.5. The average Bonchev–Trinajstić information content (AvgIpc) is 3.49. The van der Waals surface area contributed by atoms with E-state index < -0.39 is 5.91 Å². The molecule has 79 heavy (non-hydrogen) atoms. The largest absolute Gasteiger partial charge is 0.494 e. The molecule has 1 unspecified atom stereocenters. The molecule has 7 aromatic rings. The number of carbonyl (C=O) groups is 2. The minimum absolute atomic E-state index is 0.205. The van der Waals surface area contributed by atoms with Gasteiger partial charge in [0.15, 0.2) is 23.0 Å². The van der Waals surface area contributed by atoms with Gasteiger partial charge in [-0.05, 0) is 119 Å². The predicted molar refractivity (Wildman–Crippen MR) is 315 cm³/mol. The molecule has 0 bridgehead atoms. The predicted octanol–water partition coefficient (Wildman–Crippen LogP) is 12.3. The van der Waals surface area contributed by atoms with Crippen molar-refractivity contribution in [1.29, 1.82) is 0 Å². The molecule has 0 saturated heterocycles. The summed E-state index contributed by atoms with van der Waals surface area (Å²) in [7, 11) is 6.65. The summed E-state index contributed by atoms with van der Waals surface area (Å²) in [5, 5.41) is 0. The maximum absolute atomic E-state index is 11.8. The molecule has 1 aliphatic rings. The van der Waals surface area contributed by atoms with E-state index in [1.54, 1.807) is 46.6 Å². The number of nitrogens with two attached hydrogens (primary N) is 2. The van der Waals surface area contributed by atoms with Crippen LogP contribution in [0.25, 0.3) is 0 Å². The van der Waals surface area contributed by atoms with Gasteiger partial charge < -0.3 is 39.9 Å². The summed E-state index contributed by atoms with van der Waals surface area (Å²) in [5.74, 6) is 4.76. The molecule has 416 valence electrons. The molecule has 1 atom stereocenters. The quantitative estimate of drug-likeness (QED) is 0.0434. The van der Waals surface area contributed by atoms with Gasteiger partial charge in [-0.25, -0.2) is 0 Å². The number of methoxy groups -OCH3 is 4. The first-order chi connectivity index (χ1) is 38.6. The Morgan fingerprint density at radius 2 is 1.00 bits per heavy atom. The van der Waals surface area contributed by atoms with Gasteiger partial charge in [-0.2, -0.15) is 0 Å². The Labute approximate surface area is 468 Å². The van der Waals surface area contributed by atoms with Gasteiger partial charge in [0, 0.05) is 45.2 Å². The Morgan fingerprint density at radius 3 is 1.53 bits per heavy atom. The summed E-state index contributed by atoms with van der Waals surface area (Å²) in [6, 6.07) is 59.3. The van der Waals surface area contributed by atoms with Crippen molar-refractivity contribution >= 4 is 11.8 Å². The number of rotatable bonds is 29. The SMILES string of the molecule is COc1ccc(CN(CCCOc2cccc(CC(N)=O)c2)CC(c2ccccc2)c2ccccc2)cc1OC.COc1ccc(CN(CCCOc2ccccc2C(N)=O)CC(c2ccccc2)C2CCCCC2)cc1OC. The van der Waals surface area contributed by atoms with Crippen LogP contribution in [0.15, 0.2) is 176 Å². The Morgan fingerprint density at radius 1 is 0.494 bits per heavy atom. The molecular weight excluding hydrogens is 989 g/mol. The molecule has 7 aromatic carbocycles. The molecule has 12 nitrogen and oxygen atoms in total. The van der Waals surface area contributed by atoms with Crippen molar-refractivity contribution in [3.05, 3.63) is 215 Å². The van der Waals surface area contributed by atoms with Crippen LogP contribution in [0.5, 0.6) is 34.5 Å². The first-order valence-electron chi connectivity index (χ1n) is 27.7.